The van der Waals surface area contributed by atoms with E-state index in [1.54, 1.807) is 11.3 Å². The van der Waals surface area contributed by atoms with Crippen molar-refractivity contribution < 1.29 is 0 Å². The van der Waals surface area contributed by atoms with E-state index >= 15 is 0 Å². The Kier molecular flexibility index (Phi) is 4.75. The smallest absolute Gasteiger partial charge is 0.0925 e. The first-order valence-corrected chi connectivity index (χ1v) is 7.31. The number of halogens is 1. The van der Waals surface area contributed by atoms with Crippen LogP contribution >= 0.6 is 22.9 Å². The van der Waals surface area contributed by atoms with Gasteiger partial charge in [0.15, 0.2) is 0 Å². The molecule has 1 aromatic carbocycles. The number of nitrogens with zero attached hydrogens (tertiary/aromatic N) is 1. The maximum Gasteiger partial charge on any atom is 0.0925 e. The summed E-state index contributed by atoms with van der Waals surface area (Å²) in [5.74, 6) is 0. The summed E-state index contributed by atoms with van der Waals surface area (Å²) >= 11 is 7.95. The van der Waals surface area contributed by atoms with E-state index in [9.17, 15) is 0 Å². The molecule has 0 aliphatic heterocycles. The Bertz CT molecular complexity index is 510. The quantitative estimate of drug-likeness (QED) is 0.887. The summed E-state index contributed by atoms with van der Waals surface area (Å²) in [6.45, 7) is 5.09. The third-order valence-electron chi connectivity index (χ3n) is 2.86. The molecule has 0 saturated heterocycles. The summed E-state index contributed by atoms with van der Waals surface area (Å²) in [6.07, 6.45) is 2.96. The Morgan fingerprint density at radius 3 is 2.83 bits per heavy atom. The first kappa shape index (κ1) is 13.5. The summed E-state index contributed by atoms with van der Waals surface area (Å²) in [7, 11) is 0. The molecule has 0 bridgehead atoms. The molecule has 0 spiro atoms. The maximum atomic E-state index is 6.18. The first-order chi connectivity index (χ1) is 8.70. The molecule has 18 heavy (non-hydrogen) atoms. The SMILES string of the molecule is CCc1ncc(CNC(C)c2ccccc2Cl)s1. The molecule has 2 rings (SSSR count). The van der Waals surface area contributed by atoms with Crippen molar-refractivity contribution in [3.05, 3.63) is 50.9 Å². The van der Waals surface area contributed by atoms with Crippen LogP contribution in [0.3, 0.4) is 0 Å². The molecule has 0 amide bonds. The summed E-state index contributed by atoms with van der Waals surface area (Å²) in [5.41, 5.74) is 1.14. The predicted molar refractivity (Wildman–Crippen MR) is 78.2 cm³/mol. The number of benzene rings is 1. The number of aryl methyl sites for hydroxylation is 1. The summed E-state index contributed by atoms with van der Waals surface area (Å²) in [4.78, 5) is 5.62. The van der Waals surface area contributed by atoms with Gasteiger partial charge in [0.05, 0.1) is 5.01 Å². The zero-order valence-electron chi connectivity index (χ0n) is 10.6. The van der Waals surface area contributed by atoms with Gasteiger partial charge in [-0.1, -0.05) is 36.7 Å². The third kappa shape index (κ3) is 3.31. The highest BCUT2D eigenvalue weighted by Gasteiger charge is 2.09. The van der Waals surface area contributed by atoms with E-state index < -0.39 is 0 Å². The van der Waals surface area contributed by atoms with Crippen molar-refractivity contribution in [2.75, 3.05) is 0 Å². The van der Waals surface area contributed by atoms with E-state index in [0.29, 0.717) is 0 Å². The van der Waals surface area contributed by atoms with Gasteiger partial charge in [0.2, 0.25) is 0 Å². The van der Waals surface area contributed by atoms with Crippen LogP contribution in [0.15, 0.2) is 30.5 Å². The predicted octanol–water partition coefficient (Wildman–Crippen LogP) is 4.21. The van der Waals surface area contributed by atoms with Crippen LogP contribution in [-0.4, -0.2) is 4.98 Å². The number of rotatable bonds is 5. The van der Waals surface area contributed by atoms with E-state index in [-0.39, 0.29) is 6.04 Å². The Labute approximate surface area is 117 Å². The molecule has 4 heteroatoms. The molecule has 0 aliphatic rings. The second-order valence-electron chi connectivity index (χ2n) is 4.20. The van der Waals surface area contributed by atoms with Crippen LogP contribution in [0.25, 0.3) is 0 Å². The Morgan fingerprint density at radius 2 is 2.17 bits per heavy atom. The zero-order chi connectivity index (χ0) is 13.0. The standard InChI is InChI=1S/C14H17ClN2S/c1-3-14-17-9-11(18-14)8-16-10(2)12-6-4-5-7-13(12)15/h4-7,9-10,16H,3,8H2,1-2H3. The fourth-order valence-electron chi connectivity index (χ4n) is 1.78. The van der Waals surface area contributed by atoms with E-state index in [1.165, 1.54) is 9.88 Å². The molecule has 1 aromatic heterocycles. The lowest BCUT2D eigenvalue weighted by atomic mass is 10.1. The Morgan fingerprint density at radius 1 is 1.39 bits per heavy atom. The second kappa shape index (κ2) is 6.32. The van der Waals surface area contributed by atoms with Crippen LogP contribution in [0, 0.1) is 0 Å². The van der Waals surface area contributed by atoms with Gasteiger partial charge in [-0.15, -0.1) is 11.3 Å². The van der Waals surface area contributed by atoms with Gasteiger partial charge in [-0.3, -0.25) is 0 Å². The van der Waals surface area contributed by atoms with E-state index in [1.807, 2.05) is 24.4 Å². The van der Waals surface area contributed by atoms with Crippen LogP contribution in [0.5, 0.6) is 0 Å². The highest BCUT2D eigenvalue weighted by molar-refractivity contribution is 7.11. The number of hydrogen-bond acceptors (Lipinski definition) is 3. The number of nitrogens with one attached hydrogen (secondary N) is 1. The van der Waals surface area contributed by atoms with Crippen LogP contribution in [-0.2, 0) is 13.0 Å². The lowest BCUT2D eigenvalue weighted by Crippen LogP contribution is -2.17. The highest BCUT2D eigenvalue weighted by atomic mass is 35.5. The molecule has 1 heterocycles. The zero-order valence-corrected chi connectivity index (χ0v) is 12.2. The topological polar surface area (TPSA) is 24.9 Å². The summed E-state index contributed by atoms with van der Waals surface area (Å²) in [5, 5.41) is 5.49. The van der Waals surface area contributed by atoms with Crippen molar-refractivity contribution in [3.8, 4) is 0 Å². The molecule has 0 saturated carbocycles. The van der Waals surface area contributed by atoms with Crippen molar-refractivity contribution >= 4 is 22.9 Å². The van der Waals surface area contributed by atoms with Crippen molar-refractivity contribution in [1.82, 2.24) is 10.3 Å². The average molecular weight is 281 g/mol. The minimum atomic E-state index is 0.242. The molecule has 1 unspecified atom stereocenters. The van der Waals surface area contributed by atoms with Crippen molar-refractivity contribution in [1.29, 1.82) is 0 Å². The van der Waals surface area contributed by atoms with Gasteiger partial charge in [0, 0.05) is 28.7 Å². The lowest BCUT2D eigenvalue weighted by molar-refractivity contribution is 0.578. The maximum absolute atomic E-state index is 6.18. The number of thiazole rings is 1. The molecule has 2 aromatic rings. The molecule has 1 atom stereocenters. The Hall–Kier alpha value is -0.900. The lowest BCUT2D eigenvalue weighted by Gasteiger charge is -2.14. The van der Waals surface area contributed by atoms with Crippen LogP contribution in [0.4, 0.5) is 0 Å². The number of hydrogen-bond donors (Lipinski definition) is 1. The minimum absolute atomic E-state index is 0.242. The van der Waals surface area contributed by atoms with Gasteiger partial charge in [-0.25, -0.2) is 4.98 Å². The summed E-state index contributed by atoms with van der Waals surface area (Å²) in [6, 6.07) is 8.20. The van der Waals surface area contributed by atoms with Crippen molar-refractivity contribution in [3.63, 3.8) is 0 Å². The second-order valence-corrected chi connectivity index (χ2v) is 5.80. The molecule has 0 fully saturated rings. The highest BCUT2D eigenvalue weighted by Crippen LogP contribution is 2.23. The fraction of sp³-hybridized carbons (Fsp3) is 0.357. The molecule has 0 aliphatic carbocycles. The van der Waals surface area contributed by atoms with Gasteiger partial charge < -0.3 is 5.32 Å². The molecular weight excluding hydrogens is 264 g/mol. The fourth-order valence-corrected chi connectivity index (χ4v) is 2.90. The third-order valence-corrected chi connectivity index (χ3v) is 4.34. The summed E-state index contributed by atoms with van der Waals surface area (Å²) < 4.78 is 0. The molecule has 0 radical (unpaired) electrons. The monoisotopic (exact) mass is 280 g/mol. The molecule has 96 valence electrons. The average Bonchev–Trinajstić information content (AvgIpc) is 2.84. The van der Waals surface area contributed by atoms with E-state index in [0.717, 1.165) is 23.6 Å². The molecule has 1 N–H and O–H groups in total. The van der Waals surface area contributed by atoms with Gasteiger partial charge in [0.1, 0.15) is 0 Å². The van der Waals surface area contributed by atoms with E-state index in [4.69, 9.17) is 11.6 Å². The van der Waals surface area contributed by atoms with Crippen molar-refractivity contribution in [2.45, 2.75) is 32.9 Å². The first-order valence-electron chi connectivity index (χ1n) is 6.12. The normalized spacial score (nSPS) is 12.6. The van der Waals surface area contributed by atoms with Crippen molar-refractivity contribution in [2.24, 2.45) is 0 Å². The number of aromatic nitrogens is 1. The van der Waals surface area contributed by atoms with Crippen LogP contribution in [0.1, 0.15) is 35.3 Å². The molecule has 2 nitrogen and oxygen atoms in total. The van der Waals surface area contributed by atoms with Crippen LogP contribution < -0.4 is 5.32 Å². The van der Waals surface area contributed by atoms with Gasteiger partial charge in [0.25, 0.3) is 0 Å². The van der Waals surface area contributed by atoms with Crippen LogP contribution in [0.2, 0.25) is 5.02 Å². The van der Waals surface area contributed by atoms with E-state index in [2.05, 4.69) is 30.2 Å². The molecular formula is C14H17ClN2S. The van der Waals surface area contributed by atoms with Gasteiger partial charge in [-0.2, -0.15) is 0 Å². The van der Waals surface area contributed by atoms with Gasteiger partial charge >= 0.3 is 0 Å². The largest absolute Gasteiger partial charge is 0.305 e. The Balaban J connectivity index is 1.96. The van der Waals surface area contributed by atoms with Gasteiger partial charge in [-0.05, 0) is 25.0 Å². The minimum Gasteiger partial charge on any atom is -0.305 e.